The SMILES string of the molecule is Cc1cc(NCCCCCc2ccccc2)ncc1S(=O)(=O)NC[C@@H]1C[C@H](O)C1(C)C. The van der Waals surface area contributed by atoms with Gasteiger partial charge in [-0.15, -0.1) is 0 Å². The van der Waals surface area contributed by atoms with E-state index in [2.05, 4.69) is 39.3 Å². The number of rotatable bonds is 11. The molecular formula is C24H35N3O3S. The van der Waals surface area contributed by atoms with Crippen molar-refractivity contribution in [1.82, 2.24) is 9.71 Å². The van der Waals surface area contributed by atoms with Crippen LogP contribution in [0.2, 0.25) is 0 Å². The van der Waals surface area contributed by atoms with E-state index in [4.69, 9.17) is 0 Å². The largest absolute Gasteiger partial charge is 0.393 e. The Kier molecular flexibility index (Phi) is 7.73. The zero-order valence-electron chi connectivity index (χ0n) is 18.8. The Morgan fingerprint density at radius 3 is 2.55 bits per heavy atom. The predicted molar refractivity (Wildman–Crippen MR) is 125 cm³/mol. The molecule has 1 aliphatic carbocycles. The van der Waals surface area contributed by atoms with Crippen molar-refractivity contribution in [2.75, 3.05) is 18.4 Å². The number of sulfonamides is 1. The molecule has 2 atom stereocenters. The van der Waals surface area contributed by atoms with Gasteiger partial charge in [-0.3, -0.25) is 0 Å². The minimum Gasteiger partial charge on any atom is -0.393 e. The molecule has 0 spiro atoms. The summed E-state index contributed by atoms with van der Waals surface area (Å²) in [6.07, 6.45) is 6.10. The van der Waals surface area contributed by atoms with E-state index in [1.807, 2.05) is 19.9 Å². The van der Waals surface area contributed by atoms with Crippen LogP contribution in [0.1, 0.15) is 50.7 Å². The van der Waals surface area contributed by atoms with Gasteiger partial charge < -0.3 is 10.4 Å². The lowest BCUT2D eigenvalue weighted by atomic mass is 9.60. The summed E-state index contributed by atoms with van der Waals surface area (Å²) in [6, 6.07) is 12.3. The Bertz CT molecular complexity index is 961. The number of hydrogen-bond acceptors (Lipinski definition) is 5. The van der Waals surface area contributed by atoms with E-state index >= 15 is 0 Å². The van der Waals surface area contributed by atoms with Gasteiger partial charge in [0, 0.05) is 19.3 Å². The Morgan fingerprint density at radius 1 is 1.16 bits per heavy atom. The lowest BCUT2D eigenvalue weighted by molar-refractivity contribution is -0.0948. The van der Waals surface area contributed by atoms with Crippen molar-refractivity contribution >= 4 is 15.8 Å². The zero-order chi connectivity index (χ0) is 22.5. The fraction of sp³-hybridized carbons (Fsp3) is 0.542. The van der Waals surface area contributed by atoms with Crippen molar-refractivity contribution in [3.63, 3.8) is 0 Å². The summed E-state index contributed by atoms with van der Waals surface area (Å²) in [6.45, 7) is 6.86. The topological polar surface area (TPSA) is 91.3 Å². The van der Waals surface area contributed by atoms with Gasteiger partial charge in [0.15, 0.2) is 0 Å². The van der Waals surface area contributed by atoms with Gasteiger partial charge in [-0.05, 0) is 61.1 Å². The summed E-state index contributed by atoms with van der Waals surface area (Å²) < 4.78 is 28.1. The summed E-state index contributed by atoms with van der Waals surface area (Å²) in [4.78, 5) is 4.51. The average Bonchev–Trinajstić information content (AvgIpc) is 2.74. The summed E-state index contributed by atoms with van der Waals surface area (Å²) in [5.41, 5.74) is 1.78. The summed E-state index contributed by atoms with van der Waals surface area (Å²) in [5.74, 6) is 0.830. The highest BCUT2D eigenvalue weighted by molar-refractivity contribution is 7.89. The van der Waals surface area contributed by atoms with E-state index in [9.17, 15) is 13.5 Å². The highest BCUT2D eigenvalue weighted by Gasteiger charge is 2.47. The molecule has 1 aliphatic rings. The van der Waals surface area contributed by atoms with Crippen molar-refractivity contribution in [1.29, 1.82) is 0 Å². The molecule has 0 amide bonds. The molecule has 1 saturated carbocycles. The highest BCUT2D eigenvalue weighted by Crippen LogP contribution is 2.45. The third-order valence-corrected chi connectivity index (χ3v) is 8.14. The Balaban J connectivity index is 1.43. The molecule has 1 heterocycles. The van der Waals surface area contributed by atoms with Crippen LogP contribution in [0.5, 0.6) is 0 Å². The second kappa shape index (κ2) is 10.1. The fourth-order valence-electron chi connectivity index (χ4n) is 4.04. The average molecular weight is 446 g/mol. The first-order valence-electron chi connectivity index (χ1n) is 11.1. The number of pyridine rings is 1. The highest BCUT2D eigenvalue weighted by atomic mass is 32.2. The molecule has 31 heavy (non-hydrogen) atoms. The maximum absolute atomic E-state index is 12.7. The molecule has 170 valence electrons. The molecule has 0 unspecified atom stereocenters. The van der Waals surface area contributed by atoms with E-state index in [0.717, 1.165) is 32.2 Å². The molecule has 1 fully saturated rings. The van der Waals surface area contributed by atoms with Crippen LogP contribution in [0.3, 0.4) is 0 Å². The van der Waals surface area contributed by atoms with Crippen molar-refractivity contribution in [2.24, 2.45) is 11.3 Å². The number of aryl methyl sites for hydroxylation is 2. The zero-order valence-corrected chi connectivity index (χ0v) is 19.6. The molecule has 3 N–H and O–H groups in total. The molecular weight excluding hydrogens is 410 g/mol. The van der Waals surface area contributed by atoms with Gasteiger partial charge in [0.1, 0.15) is 10.7 Å². The molecule has 6 nitrogen and oxygen atoms in total. The summed E-state index contributed by atoms with van der Waals surface area (Å²) >= 11 is 0. The number of hydrogen-bond donors (Lipinski definition) is 3. The Labute approximate surface area is 186 Å². The first-order chi connectivity index (χ1) is 14.7. The van der Waals surface area contributed by atoms with E-state index in [1.54, 1.807) is 13.0 Å². The minimum atomic E-state index is -3.63. The molecule has 0 aliphatic heterocycles. The van der Waals surface area contributed by atoms with Crippen LogP contribution in [0.25, 0.3) is 0 Å². The maximum atomic E-state index is 12.7. The molecule has 1 aromatic heterocycles. The number of nitrogens with zero attached hydrogens (tertiary/aromatic N) is 1. The molecule has 0 bridgehead atoms. The van der Waals surface area contributed by atoms with Gasteiger partial charge in [-0.25, -0.2) is 18.1 Å². The number of benzene rings is 1. The van der Waals surface area contributed by atoms with Crippen molar-refractivity contribution in [3.8, 4) is 0 Å². The summed E-state index contributed by atoms with van der Waals surface area (Å²) in [7, 11) is -3.63. The number of anilines is 1. The third kappa shape index (κ3) is 6.05. The molecule has 2 aromatic rings. The van der Waals surface area contributed by atoms with Gasteiger partial charge in [-0.2, -0.15) is 0 Å². The van der Waals surface area contributed by atoms with Gasteiger partial charge in [0.05, 0.1) is 6.10 Å². The van der Waals surface area contributed by atoms with Crippen LogP contribution >= 0.6 is 0 Å². The number of aliphatic hydroxyl groups excluding tert-OH is 1. The van der Waals surface area contributed by atoms with Crippen molar-refractivity contribution in [2.45, 2.75) is 63.9 Å². The van der Waals surface area contributed by atoms with Crippen molar-refractivity contribution < 1.29 is 13.5 Å². The Morgan fingerprint density at radius 2 is 1.90 bits per heavy atom. The fourth-order valence-corrected chi connectivity index (χ4v) is 5.29. The number of nitrogens with one attached hydrogen (secondary N) is 2. The second-order valence-electron chi connectivity index (χ2n) is 9.18. The standard InChI is InChI=1S/C24H35N3O3S/c1-18-14-23(25-13-9-5-8-12-19-10-6-4-7-11-19)26-17-21(18)31(29,30)27-16-20-15-22(28)24(20,2)3/h4,6-7,10-11,14,17,20,22,27-28H,5,8-9,12-13,15-16H2,1-3H3,(H,25,26)/t20-,22-/m0/s1. The van der Waals surface area contributed by atoms with E-state index in [1.165, 1.54) is 11.8 Å². The van der Waals surface area contributed by atoms with Gasteiger partial charge in [0.25, 0.3) is 0 Å². The molecule has 0 radical (unpaired) electrons. The molecule has 0 saturated heterocycles. The maximum Gasteiger partial charge on any atom is 0.242 e. The van der Waals surface area contributed by atoms with Crippen LogP contribution in [-0.2, 0) is 16.4 Å². The van der Waals surface area contributed by atoms with E-state index in [0.29, 0.717) is 24.3 Å². The monoisotopic (exact) mass is 445 g/mol. The third-order valence-electron chi connectivity index (χ3n) is 6.58. The predicted octanol–water partition coefficient (Wildman–Crippen LogP) is 3.90. The van der Waals surface area contributed by atoms with Crippen LogP contribution < -0.4 is 10.0 Å². The molecule has 7 heteroatoms. The van der Waals surface area contributed by atoms with Crippen LogP contribution in [0.4, 0.5) is 5.82 Å². The van der Waals surface area contributed by atoms with Gasteiger partial charge in [-0.1, -0.05) is 50.6 Å². The van der Waals surface area contributed by atoms with Crippen LogP contribution in [0.15, 0.2) is 47.5 Å². The first kappa shape index (κ1) is 23.7. The lowest BCUT2D eigenvalue weighted by Gasteiger charge is -2.49. The summed E-state index contributed by atoms with van der Waals surface area (Å²) in [5, 5.41) is 13.1. The minimum absolute atomic E-state index is 0.133. The van der Waals surface area contributed by atoms with Crippen molar-refractivity contribution in [3.05, 3.63) is 53.7 Å². The normalized spacial score (nSPS) is 20.3. The smallest absolute Gasteiger partial charge is 0.242 e. The van der Waals surface area contributed by atoms with E-state index < -0.39 is 10.0 Å². The van der Waals surface area contributed by atoms with Gasteiger partial charge >= 0.3 is 0 Å². The number of aliphatic hydroxyl groups is 1. The molecule has 3 rings (SSSR count). The van der Waals surface area contributed by atoms with Crippen LogP contribution in [-0.4, -0.2) is 37.7 Å². The second-order valence-corrected chi connectivity index (χ2v) is 10.9. The lowest BCUT2D eigenvalue weighted by Crippen LogP contribution is -2.53. The van der Waals surface area contributed by atoms with E-state index in [-0.39, 0.29) is 22.3 Å². The molecule has 1 aromatic carbocycles. The van der Waals surface area contributed by atoms with Gasteiger partial charge in [0.2, 0.25) is 10.0 Å². The number of unbranched alkanes of at least 4 members (excludes halogenated alkanes) is 2. The Hall–Kier alpha value is -1.96. The van der Waals surface area contributed by atoms with Crippen LogP contribution in [0, 0.1) is 18.3 Å². The number of aromatic nitrogens is 1. The first-order valence-corrected chi connectivity index (χ1v) is 12.6. The quantitative estimate of drug-likeness (QED) is 0.456.